The number of sulfonamides is 1. The number of rotatable bonds is 9. The predicted octanol–water partition coefficient (Wildman–Crippen LogP) is 1.70. The summed E-state index contributed by atoms with van der Waals surface area (Å²) >= 11 is 0. The lowest BCUT2D eigenvalue weighted by molar-refractivity contribution is 0.555. The van der Waals surface area contributed by atoms with Crippen LogP contribution in [0.25, 0.3) is 0 Å². The minimum Gasteiger partial charge on any atom is -0.356 e. The molecule has 1 aromatic heterocycles. The van der Waals surface area contributed by atoms with Gasteiger partial charge in [0.15, 0.2) is 5.96 Å². The monoisotopic (exact) mass is 418 g/mol. The highest BCUT2D eigenvalue weighted by Gasteiger charge is 2.27. The molecule has 0 bridgehead atoms. The Morgan fingerprint density at radius 3 is 2.52 bits per heavy atom. The standard InChI is InChI=1S/C20H30N6O2S/c1-15-13-16(2)26(24-15)12-4-11-22-20(21-3)23-14-17-5-9-19(10-6-17)29(27,28)25-18-7-8-18/h5-6,9-10,13,18,25H,4,7-8,11-12,14H2,1-3H3,(H2,21,22,23). The van der Waals surface area contributed by atoms with Gasteiger partial charge in [-0.1, -0.05) is 12.1 Å². The van der Waals surface area contributed by atoms with Crippen LogP contribution in [-0.4, -0.2) is 43.8 Å². The lowest BCUT2D eigenvalue weighted by Gasteiger charge is -2.13. The first-order valence-corrected chi connectivity index (χ1v) is 11.4. The summed E-state index contributed by atoms with van der Waals surface area (Å²) in [6.45, 7) is 6.26. The molecular weight excluding hydrogens is 388 g/mol. The molecule has 1 fully saturated rings. The van der Waals surface area contributed by atoms with Gasteiger partial charge in [-0.3, -0.25) is 9.67 Å². The fraction of sp³-hybridized carbons (Fsp3) is 0.500. The molecule has 8 nitrogen and oxygen atoms in total. The van der Waals surface area contributed by atoms with Crippen molar-refractivity contribution in [3.8, 4) is 0 Å². The van der Waals surface area contributed by atoms with Gasteiger partial charge in [-0.2, -0.15) is 5.10 Å². The van der Waals surface area contributed by atoms with Gasteiger partial charge in [0, 0.05) is 38.4 Å². The van der Waals surface area contributed by atoms with E-state index in [9.17, 15) is 8.42 Å². The number of guanidine groups is 1. The SMILES string of the molecule is CN=C(NCCCn1nc(C)cc1C)NCc1ccc(S(=O)(=O)NC2CC2)cc1. The summed E-state index contributed by atoms with van der Waals surface area (Å²) in [5.41, 5.74) is 3.19. The van der Waals surface area contributed by atoms with E-state index in [4.69, 9.17) is 0 Å². The van der Waals surface area contributed by atoms with Crippen molar-refractivity contribution in [1.29, 1.82) is 0 Å². The average Bonchev–Trinajstić information content (AvgIpc) is 3.43. The van der Waals surface area contributed by atoms with Crippen molar-refractivity contribution >= 4 is 16.0 Å². The van der Waals surface area contributed by atoms with Gasteiger partial charge in [0.25, 0.3) is 0 Å². The molecule has 0 radical (unpaired) electrons. The molecule has 158 valence electrons. The Bertz CT molecular complexity index is 946. The molecule has 0 atom stereocenters. The van der Waals surface area contributed by atoms with Gasteiger partial charge in [0.1, 0.15) is 0 Å². The van der Waals surface area contributed by atoms with Gasteiger partial charge in [-0.05, 0) is 56.9 Å². The first-order valence-electron chi connectivity index (χ1n) is 9.94. The number of hydrogen-bond donors (Lipinski definition) is 3. The first kappa shape index (κ1) is 21.3. The van der Waals surface area contributed by atoms with E-state index in [1.54, 1.807) is 19.2 Å². The fourth-order valence-corrected chi connectivity index (χ4v) is 4.32. The third kappa shape index (κ3) is 6.30. The van der Waals surface area contributed by atoms with Gasteiger partial charge in [0.2, 0.25) is 10.0 Å². The van der Waals surface area contributed by atoms with Crippen LogP contribution in [0.4, 0.5) is 0 Å². The van der Waals surface area contributed by atoms with Gasteiger partial charge in [-0.25, -0.2) is 13.1 Å². The Morgan fingerprint density at radius 2 is 1.93 bits per heavy atom. The Morgan fingerprint density at radius 1 is 1.21 bits per heavy atom. The molecule has 1 saturated carbocycles. The maximum absolute atomic E-state index is 12.2. The van der Waals surface area contributed by atoms with Gasteiger partial charge in [0.05, 0.1) is 10.6 Å². The smallest absolute Gasteiger partial charge is 0.240 e. The highest BCUT2D eigenvalue weighted by molar-refractivity contribution is 7.89. The first-order chi connectivity index (χ1) is 13.9. The third-order valence-electron chi connectivity index (χ3n) is 4.76. The number of nitrogens with one attached hydrogen (secondary N) is 3. The Kier molecular flexibility index (Phi) is 6.92. The summed E-state index contributed by atoms with van der Waals surface area (Å²) in [7, 11) is -1.67. The predicted molar refractivity (Wildman–Crippen MR) is 114 cm³/mol. The number of nitrogens with zero attached hydrogens (tertiary/aromatic N) is 3. The summed E-state index contributed by atoms with van der Waals surface area (Å²) in [6, 6.07) is 9.12. The van der Waals surface area contributed by atoms with Crippen LogP contribution in [0.1, 0.15) is 36.2 Å². The maximum atomic E-state index is 12.2. The summed E-state index contributed by atoms with van der Waals surface area (Å²) in [4.78, 5) is 4.54. The molecular formula is C20H30N6O2S. The molecule has 2 aromatic rings. The minimum atomic E-state index is -3.40. The van der Waals surface area contributed by atoms with E-state index in [0.717, 1.165) is 43.6 Å². The summed E-state index contributed by atoms with van der Waals surface area (Å²) in [5.74, 6) is 0.713. The zero-order valence-electron chi connectivity index (χ0n) is 17.3. The molecule has 3 N–H and O–H groups in total. The minimum absolute atomic E-state index is 0.108. The largest absolute Gasteiger partial charge is 0.356 e. The second-order valence-electron chi connectivity index (χ2n) is 7.40. The zero-order chi connectivity index (χ0) is 20.9. The van der Waals surface area contributed by atoms with Crippen LogP contribution in [-0.2, 0) is 23.1 Å². The van der Waals surface area contributed by atoms with E-state index >= 15 is 0 Å². The highest BCUT2D eigenvalue weighted by atomic mass is 32.2. The van der Waals surface area contributed by atoms with Gasteiger partial charge in [-0.15, -0.1) is 0 Å². The average molecular weight is 419 g/mol. The van der Waals surface area contributed by atoms with Crippen LogP contribution < -0.4 is 15.4 Å². The van der Waals surface area contributed by atoms with Crippen LogP contribution in [0.2, 0.25) is 0 Å². The number of aryl methyl sites for hydroxylation is 3. The fourth-order valence-electron chi connectivity index (χ4n) is 3.02. The number of aromatic nitrogens is 2. The van der Waals surface area contributed by atoms with E-state index < -0.39 is 10.0 Å². The topological polar surface area (TPSA) is 100 Å². The molecule has 1 aliphatic carbocycles. The van der Waals surface area contributed by atoms with E-state index in [2.05, 4.69) is 38.4 Å². The van der Waals surface area contributed by atoms with Crippen molar-refractivity contribution in [2.45, 2.75) is 57.1 Å². The molecule has 1 aliphatic rings. The van der Waals surface area contributed by atoms with Crippen LogP contribution >= 0.6 is 0 Å². The van der Waals surface area contributed by atoms with Crippen molar-refractivity contribution in [3.05, 3.63) is 47.3 Å². The molecule has 0 unspecified atom stereocenters. The lowest BCUT2D eigenvalue weighted by Crippen LogP contribution is -2.37. The molecule has 0 saturated heterocycles. The lowest BCUT2D eigenvalue weighted by atomic mass is 10.2. The molecule has 0 spiro atoms. The number of hydrogen-bond acceptors (Lipinski definition) is 4. The van der Waals surface area contributed by atoms with Crippen molar-refractivity contribution in [3.63, 3.8) is 0 Å². The normalized spacial score (nSPS) is 14.8. The molecule has 9 heteroatoms. The molecule has 3 rings (SSSR count). The molecule has 29 heavy (non-hydrogen) atoms. The van der Waals surface area contributed by atoms with E-state index in [0.29, 0.717) is 17.4 Å². The third-order valence-corrected chi connectivity index (χ3v) is 6.30. The second-order valence-corrected chi connectivity index (χ2v) is 9.11. The van der Waals surface area contributed by atoms with Crippen molar-refractivity contribution in [1.82, 2.24) is 25.1 Å². The zero-order valence-corrected chi connectivity index (χ0v) is 18.1. The van der Waals surface area contributed by atoms with E-state index in [-0.39, 0.29) is 6.04 Å². The number of benzene rings is 1. The molecule has 1 heterocycles. The number of aliphatic imine (C=N–C) groups is 1. The van der Waals surface area contributed by atoms with Gasteiger partial charge < -0.3 is 10.6 Å². The van der Waals surface area contributed by atoms with E-state index in [1.165, 1.54) is 5.69 Å². The van der Waals surface area contributed by atoms with Crippen molar-refractivity contribution in [2.75, 3.05) is 13.6 Å². The highest BCUT2D eigenvalue weighted by Crippen LogP contribution is 2.22. The van der Waals surface area contributed by atoms with Crippen molar-refractivity contribution in [2.24, 2.45) is 4.99 Å². The maximum Gasteiger partial charge on any atom is 0.240 e. The Balaban J connectivity index is 1.42. The van der Waals surface area contributed by atoms with Crippen LogP contribution in [0.3, 0.4) is 0 Å². The van der Waals surface area contributed by atoms with Crippen LogP contribution in [0.15, 0.2) is 40.2 Å². The molecule has 1 aromatic carbocycles. The van der Waals surface area contributed by atoms with Crippen LogP contribution in [0.5, 0.6) is 0 Å². The summed E-state index contributed by atoms with van der Waals surface area (Å²) < 4.78 is 29.1. The van der Waals surface area contributed by atoms with Crippen LogP contribution in [0, 0.1) is 13.8 Å². The summed E-state index contributed by atoms with van der Waals surface area (Å²) in [6.07, 6.45) is 2.78. The Labute approximate surface area is 172 Å². The quantitative estimate of drug-likeness (QED) is 0.327. The summed E-state index contributed by atoms with van der Waals surface area (Å²) in [5, 5.41) is 11.0. The van der Waals surface area contributed by atoms with Crippen molar-refractivity contribution < 1.29 is 8.42 Å². The second kappa shape index (κ2) is 9.41. The Hall–Kier alpha value is -2.39. The molecule has 0 aliphatic heterocycles. The van der Waals surface area contributed by atoms with Gasteiger partial charge >= 0.3 is 0 Å². The van der Waals surface area contributed by atoms with E-state index in [1.807, 2.05) is 23.7 Å². The molecule has 0 amide bonds.